The minimum absolute atomic E-state index is 0.0588. The molecule has 1 aliphatic rings. The Bertz CT molecular complexity index is 1120. The number of nitrogens with zero attached hydrogens (tertiary/aromatic N) is 1. The molecule has 146 valence electrons. The number of aliphatic hydroxyl groups is 1. The number of amides is 1. The Labute approximate surface area is 172 Å². The van der Waals surface area contributed by atoms with Gasteiger partial charge in [-0.15, -0.1) is 11.3 Å². The first-order valence-electron chi connectivity index (χ1n) is 9.07. The third kappa shape index (κ3) is 3.21. The van der Waals surface area contributed by atoms with Gasteiger partial charge in [0.15, 0.2) is 0 Å². The van der Waals surface area contributed by atoms with E-state index in [0.717, 1.165) is 10.4 Å². The maximum Gasteiger partial charge on any atom is 0.300 e. The number of ketones is 1. The number of rotatable bonds is 4. The van der Waals surface area contributed by atoms with Crippen LogP contribution in [0.2, 0.25) is 0 Å². The van der Waals surface area contributed by atoms with E-state index in [1.54, 1.807) is 30.3 Å². The molecular formula is C23H19NO4S. The van der Waals surface area contributed by atoms with E-state index < -0.39 is 17.7 Å². The molecule has 0 bridgehead atoms. The first-order chi connectivity index (χ1) is 14.0. The molecule has 0 radical (unpaired) electrons. The van der Waals surface area contributed by atoms with Crippen LogP contribution in [-0.2, 0) is 9.59 Å². The van der Waals surface area contributed by atoms with Crippen molar-refractivity contribution in [3.63, 3.8) is 0 Å². The highest BCUT2D eigenvalue weighted by atomic mass is 32.1. The Morgan fingerprint density at radius 1 is 1.07 bits per heavy atom. The van der Waals surface area contributed by atoms with Crippen molar-refractivity contribution < 1.29 is 19.4 Å². The van der Waals surface area contributed by atoms with E-state index in [-0.39, 0.29) is 11.3 Å². The van der Waals surface area contributed by atoms with Crippen molar-refractivity contribution in [1.82, 2.24) is 0 Å². The van der Waals surface area contributed by atoms with Crippen LogP contribution in [0.15, 0.2) is 71.6 Å². The molecule has 0 aliphatic carbocycles. The summed E-state index contributed by atoms with van der Waals surface area (Å²) in [5, 5.41) is 13.0. The number of carbonyl (C=O) groups is 2. The normalized spacial score (nSPS) is 18.3. The van der Waals surface area contributed by atoms with Crippen molar-refractivity contribution in [3.05, 3.63) is 87.6 Å². The number of Topliss-reactive ketones (excluding diaryl/α,β-unsaturated/α-hetero) is 1. The third-order valence-electron chi connectivity index (χ3n) is 4.90. The van der Waals surface area contributed by atoms with Crippen LogP contribution in [0.1, 0.15) is 22.0 Å². The SMILES string of the molecule is COc1ccccc1/C(O)=C1/C(=O)C(=O)N(c2cccc(C)c2)C1c1cccs1. The van der Waals surface area contributed by atoms with Crippen LogP contribution in [0.4, 0.5) is 5.69 Å². The van der Waals surface area contributed by atoms with Crippen molar-refractivity contribution in [2.45, 2.75) is 13.0 Å². The molecule has 1 aromatic heterocycles. The van der Waals surface area contributed by atoms with Crippen molar-refractivity contribution in [3.8, 4) is 5.75 Å². The Kier molecular flexibility index (Phi) is 4.94. The van der Waals surface area contributed by atoms with Crippen molar-refractivity contribution in [2.75, 3.05) is 12.0 Å². The van der Waals surface area contributed by atoms with Crippen LogP contribution < -0.4 is 9.64 Å². The van der Waals surface area contributed by atoms with Crippen LogP contribution in [-0.4, -0.2) is 23.9 Å². The second-order valence-electron chi connectivity index (χ2n) is 6.72. The first-order valence-corrected chi connectivity index (χ1v) is 9.95. The van der Waals surface area contributed by atoms with Crippen LogP contribution in [0.3, 0.4) is 0 Å². The van der Waals surface area contributed by atoms with Gasteiger partial charge in [0.05, 0.1) is 18.2 Å². The van der Waals surface area contributed by atoms with Gasteiger partial charge >= 0.3 is 0 Å². The van der Waals surface area contributed by atoms with Gasteiger partial charge in [-0.25, -0.2) is 0 Å². The number of benzene rings is 2. The molecule has 1 aliphatic heterocycles. The lowest BCUT2D eigenvalue weighted by Crippen LogP contribution is -2.29. The number of hydrogen-bond acceptors (Lipinski definition) is 5. The highest BCUT2D eigenvalue weighted by molar-refractivity contribution is 7.10. The van der Waals surface area contributed by atoms with Gasteiger partial charge in [-0.3, -0.25) is 14.5 Å². The molecule has 0 spiro atoms. The number of carbonyl (C=O) groups excluding carboxylic acids is 2. The lowest BCUT2D eigenvalue weighted by Gasteiger charge is -2.24. The second kappa shape index (κ2) is 7.56. The summed E-state index contributed by atoms with van der Waals surface area (Å²) in [7, 11) is 1.49. The molecule has 6 heteroatoms. The molecule has 1 saturated heterocycles. The molecule has 2 heterocycles. The van der Waals surface area contributed by atoms with Gasteiger partial charge in [0.2, 0.25) is 0 Å². The van der Waals surface area contributed by atoms with E-state index in [9.17, 15) is 14.7 Å². The molecule has 29 heavy (non-hydrogen) atoms. The zero-order valence-electron chi connectivity index (χ0n) is 16.0. The maximum absolute atomic E-state index is 13.0. The average Bonchev–Trinajstić information content (AvgIpc) is 3.34. The number of para-hydroxylation sites is 1. The summed E-state index contributed by atoms with van der Waals surface area (Å²) in [6.07, 6.45) is 0. The minimum Gasteiger partial charge on any atom is -0.507 e. The number of aliphatic hydroxyl groups excluding tert-OH is 1. The van der Waals surface area contributed by atoms with E-state index in [2.05, 4.69) is 0 Å². The number of anilines is 1. The molecular weight excluding hydrogens is 386 g/mol. The largest absolute Gasteiger partial charge is 0.507 e. The summed E-state index contributed by atoms with van der Waals surface area (Å²) < 4.78 is 5.34. The van der Waals surface area contributed by atoms with Crippen molar-refractivity contribution >= 4 is 34.5 Å². The fraction of sp³-hybridized carbons (Fsp3) is 0.130. The fourth-order valence-electron chi connectivity index (χ4n) is 3.58. The summed E-state index contributed by atoms with van der Waals surface area (Å²) in [6, 6.07) is 17.3. The quantitative estimate of drug-likeness (QED) is 0.388. The van der Waals surface area contributed by atoms with Gasteiger partial charge in [-0.2, -0.15) is 0 Å². The number of thiophene rings is 1. The average molecular weight is 405 g/mol. The highest BCUT2D eigenvalue weighted by Gasteiger charge is 2.47. The summed E-state index contributed by atoms with van der Waals surface area (Å²) in [6.45, 7) is 1.93. The molecule has 1 fully saturated rings. The lowest BCUT2D eigenvalue weighted by molar-refractivity contribution is -0.132. The molecule has 1 atom stereocenters. The van der Waals surface area contributed by atoms with E-state index >= 15 is 0 Å². The first kappa shape index (κ1) is 19.0. The predicted octanol–water partition coefficient (Wildman–Crippen LogP) is 4.69. The molecule has 1 unspecified atom stereocenters. The van der Waals surface area contributed by atoms with Crippen LogP contribution in [0.25, 0.3) is 5.76 Å². The summed E-state index contributed by atoms with van der Waals surface area (Å²) in [5.74, 6) is -1.19. The van der Waals surface area contributed by atoms with Crippen LogP contribution in [0.5, 0.6) is 5.75 Å². The van der Waals surface area contributed by atoms with Crippen molar-refractivity contribution in [2.24, 2.45) is 0 Å². The van der Waals surface area contributed by atoms with Gasteiger partial charge in [-0.1, -0.05) is 30.3 Å². The van der Waals surface area contributed by atoms with Crippen LogP contribution >= 0.6 is 11.3 Å². The zero-order chi connectivity index (χ0) is 20.5. The predicted molar refractivity (Wildman–Crippen MR) is 113 cm³/mol. The summed E-state index contributed by atoms with van der Waals surface area (Å²) >= 11 is 1.43. The molecule has 2 aromatic carbocycles. The topological polar surface area (TPSA) is 66.8 Å². The monoisotopic (exact) mass is 405 g/mol. The van der Waals surface area contributed by atoms with Gasteiger partial charge in [0.1, 0.15) is 17.6 Å². The minimum atomic E-state index is -0.715. The smallest absolute Gasteiger partial charge is 0.300 e. The van der Waals surface area contributed by atoms with E-state index in [4.69, 9.17) is 4.74 Å². The Hall–Kier alpha value is -3.38. The molecule has 5 nitrogen and oxygen atoms in total. The molecule has 0 saturated carbocycles. The summed E-state index contributed by atoms with van der Waals surface area (Å²) in [4.78, 5) is 28.3. The molecule has 3 aromatic rings. The second-order valence-corrected chi connectivity index (χ2v) is 7.70. The number of hydrogen-bond donors (Lipinski definition) is 1. The van der Waals surface area contributed by atoms with Crippen molar-refractivity contribution in [1.29, 1.82) is 0 Å². The highest BCUT2D eigenvalue weighted by Crippen LogP contribution is 2.44. The summed E-state index contributed by atoms with van der Waals surface area (Å²) in [5.41, 5.74) is 2.02. The molecule has 4 rings (SSSR count). The van der Waals surface area contributed by atoms with E-state index in [0.29, 0.717) is 17.0 Å². The maximum atomic E-state index is 13.0. The number of methoxy groups -OCH3 is 1. The molecule has 1 amide bonds. The van der Waals surface area contributed by atoms with Gasteiger partial charge < -0.3 is 9.84 Å². The number of aryl methyl sites for hydroxylation is 1. The Morgan fingerprint density at radius 3 is 2.55 bits per heavy atom. The van der Waals surface area contributed by atoms with Crippen LogP contribution in [0, 0.1) is 6.92 Å². The van der Waals surface area contributed by atoms with E-state index in [1.165, 1.54) is 23.3 Å². The Morgan fingerprint density at radius 2 is 1.86 bits per heavy atom. The van der Waals surface area contributed by atoms with Gasteiger partial charge in [0.25, 0.3) is 11.7 Å². The third-order valence-corrected chi connectivity index (χ3v) is 5.82. The van der Waals surface area contributed by atoms with E-state index in [1.807, 2.05) is 42.6 Å². The van der Waals surface area contributed by atoms with Gasteiger partial charge in [-0.05, 0) is 48.2 Å². The van der Waals surface area contributed by atoms with Gasteiger partial charge in [0, 0.05) is 10.6 Å². The Balaban J connectivity index is 1.96. The zero-order valence-corrected chi connectivity index (χ0v) is 16.8. The fourth-order valence-corrected chi connectivity index (χ4v) is 4.40. The number of ether oxygens (including phenoxy) is 1. The lowest BCUT2D eigenvalue weighted by atomic mass is 9.99. The standard InChI is InChI=1S/C23H19NO4S/c1-14-7-5-8-15(13-14)24-20(18-11-6-12-29-18)19(22(26)23(24)27)21(25)16-9-3-4-10-17(16)28-2/h3-13,20,25H,1-2H3/b21-19-. The molecule has 1 N–H and O–H groups in total.